The van der Waals surface area contributed by atoms with E-state index in [-0.39, 0.29) is 10.8 Å². The molecule has 1 aromatic carbocycles. The smallest absolute Gasteiger partial charge is 0.155 e. The van der Waals surface area contributed by atoms with Crippen molar-refractivity contribution >= 4 is 5.78 Å². The van der Waals surface area contributed by atoms with Gasteiger partial charge in [0.05, 0.1) is 0 Å². The zero-order valence-electron chi connectivity index (χ0n) is 17.7. The quantitative estimate of drug-likeness (QED) is 0.612. The van der Waals surface area contributed by atoms with Gasteiger partial charge >= 0.3 is 0 Å². The highest BCUT2D eigenvalue weighted by Crippen LogP contribution is 2.67. The van der Waals surface area contributed by atoms with Crippen LogP contribution in [0.2, 0.25) is 0 Å². The summed E-state index contributed by atoms with van der Waals surface area (Å²) in [4.78, 5) is 12.0. The predicted molar refractivity (Wildman–Crippen MR) is 115 cm³/mol. The minimum absolute atomic E-state index is 0.127. The maximum atomic E-state index is 12.0. The Balaban J connectivity index is 1.45. The van der Waals surface area contributed by atoms with Gasteiger partial charge in [-0.05, 0) is 86.3 Å². The van der Waals surface area contributed by atoms with E-state index in [0.717, 1.165) is 44.1 Å². The fourth-order valence-corrected chi connectivity index (χ4v) is 7.48. The molecule has 0 aromatic heterocycles. The Morgan fingerprint density at radius 3 is 2.52 bits per heavy atom. The summed E-state index contributed by atoms with van der Waals surface area (Å²) >= 11 is 0. The van der Waals surface area contributed by atoms with Crippen LogP contribution in [-0.2, 0) is 4.79 Å². The van der Waals surface area contributed by atoms with Crippen LogP contribution < -0.4 is 0 Å². The molecule has 5 rings (SSSR count). The molecule has 0 radical (unpaired) electrons. The van der Waals surface area contributed by atoms with Crippen molar-refractivity contribution in [3.05, 3.63) is 47.5 Å². The summed E-state index contributed by atoms with van der Waals surface area (Å²) in [6.07, 6.45) is 9.97. The molecule has 29 heavy (non-hydrogen) atoms. The molecular formula is C27H32O2. The molecule has 1 N–H and O–H groups in total. The van der Waals surface area contributed by atoms with Crippen LogP contribution >= 0.6 is 0 Å². The first kappa shape index (κ1) is 19.1. The summed E-state index contributed by atoms with van der Waals surface area (Å²) in [5.41, 5.74) is 1.56. The van der Waals surface area contributed by atoms with Gasteiger partial charge in [-0.15, -0.1) is 0 Å². The second kappa shape index (κ2) is 6.58. The molecule has 2 heteroatoms. The maximum Gasteiger partial charge on any atom is 0.155 e. The van der Waals surface area contributed by atoms with E-state index in [1.807, 2.05) is 36.4 Å². The van der Waals surface area contributed by atoms with Crippen LogP contribution in [0.15, 0.2) is 42.0 Å². The molecule has 4 aliphatic rings. The van der Waals surface area contributed by atoms with Crippen molar-refractivity contribution in [2.24, 2.45) is 28.6 Å². The van der Waals surface area contributed by atoms with Gasteiger partial charge < -0.3 is 5.11 Å². The molecule has 4 aliphatic carbocycles. The number of rotatable bonds is 0. The average molecular weight is 389 g/mol. The molecule has 6 unspecified atom stereocenters. The van der Waals surface area contributed by atoms with E-state index in [1.165, 1.54) is 12.0 Å². The van der Waals surface area contributed by atoms with Gasteiger partial charge in [0.15, 0.2) is 5.78 Å². The molecule has 2 nitrogen and oxygen atoms in total. The third kappa shape index (κ3) is 2.77. The lowest BCUT2D eigenvalue weighted by Crippen LogP contribution is -2.54. The number of fused-ring (bicyclic) bond motifs is 5. The topological polar surface area (TPSA) is 37.3 Å². The third-order valence-electron chi connectivity index (χ3n) is 9.30. The Morgan fingerprint density at radius 1 is 0.966 bits per heavy atom. The van der Waals surface area contributed by atoms with Crippen LogP contribution in [0.1, 0.15) is 70.8 Å². The number of ketones is 1. The highest BCUT2D eigenvalue weighted by molar-refractivity contribution is 5.91. The van der Waals surface area contributed by atoms with Gasteiger partial charge in [0.2, 0.25) is 0 Å². The van der Waals surface area contributed by atoms with Gasteiger partial charge in [0, 0.05) is 17.4 Å². The van der Waals surface area contributed by atoms with Gasteiger partial charge in [-0.2, -0.15) is 0 Å². The van der Waals surface area contributed by atoms with Gasteiger partial charge in [-0.1, -0.05) is 49.5 Å². The summed E-state index contributed by atoms with van der Waals surface area (Å²) in [6, 6.07) is 10.0. The molecule has 0 bridgehead atoms. The Bertz CT molecular complexity index is 919. The molecule has 3 saturated carbocycles. The summed E-state index contributed by atoms with van der Waals surface area (Å²) in [6.45, 7) is 4.72. The van der Waals surface area contributed by atoms with Gasteiger partial charge in [-0.3, -0.25) is 4.79 Å². The van der Waals surface area contributed by atoms with Crippen LogP contribution in [0.25, 0.3) is 0 Å². The van der Waals surface area contributed by atoms with Crippen molar-refractivity contribution in [1.29, 1.82) is 0 Å². The number of hydrogen-bond acceptors (Lipinski definition) is 2. The molecule has 0 aliphatic heterocycles. The van der Waals surface area contributed by atoms with Crippen LogP contribution in [0.5, 0.6) is 0 Å². The Labute approximate surface area is 174 Å². The number of hydrogen-bond donors (Lipinski definition) is 1. The first-order valence-corrected chi connectivity index (χ1v) is 11.4. The first-order chi connectivity index (χ1) is 13.9. The summed E-state index contributed by atoms with van der Waals surface area (Å²) in [7, 11) is 0. The van der Waals surface area contributed by atoms with Crippen molar-refractivity contribution < 1.29 is 9.90 Å². The SMILES string of the molecule is CC12CCC(=O)C=C1CCC1C2CCC2(C)C1CCC2(O)C#Cc1ccccc1. The lowest BCUT2D eigenvalue weighted by Gasteiger charge is -2.58. The molecule has 152 valence electrons. The van der Waals surface area contributed by atoms with Crippen LogP contribution in [0.4, 0.5) is 0 Å². The van der Waals surface area contributed by atoms with Crippen LogP contribution in [0.3, 0.4) is 0 Å². The van der Waals surface area contributed by atoms with E-state index in [0.29, 0.717) is 30.0 Å². The summed E-state index contributed by atoms with van der Waals surface area (Å²) in [5.74, 6) is 8.76. The highest BCUT2D eigenvalue weighted by atomic mass is 16.3. The van der Waals surface area contributed by atoms with Crippen molar-refractivity contribution in [2.75, 3.05) is 0 Å². The zero-order chi connectivity index (χ0) is 20.3. The molecule has 0 spiro atoms. The van der Waals surface area contributed by atoms with E-state index < -0.39 is 5.60 Å². The second-order valence-corrected chi connectivity index (χ2v) is 10.4. The lowest BCUT2D eigenvalue weighted by atomic mass is 9.46. The minimum Gasteiger partial charge on any atom is -0.377 e. The van der Waals surface area contributed by atoms with Crippen LogP contribution in [-0.4, -0.2) is 16.5 Å². The molecule has 3 fully saturated rings. The molecule has 6 atom stereocenters. The Kier molecular flexibility index (Phi) is 4.34. The van der Waals surface area contributed by atoms with E-state index in [4.69, 9.17) is 0 Å². The van der Waals surface area contributed by atoms with Crippen LogP contribution in [0, 0.1) is 40.4 Å². The molecule has 1 aromatic rings. The Hall–Kier alpha value is -1.85. The zero-order valence-corrected chi connectivity index (χ0v) is 17.7. The fraction of sp³-hybridized carbons (Fsp3) is 0.593. The Morgan fingerprint density at radius 2 is 1.72 bits per heavy atom. The van der Waals surface area contributed by atoms with Gasteiger partial charge in [-0.25, -0.2) is 0 Å². The first-order valence-electron chi connectivity index (χ1n) is 11.4. The van der Waals surface area contributed by atoms with E-state index in [1.54, 1.807) is 0 Å². The second-order valence-electron chi connectivity index (χ2n) is 10.4. The molecule has 0 heterocycles. The van der Waals surface area contributed by atoms with E-state index in [2.05, 4.69) is 25.7 Å². The third-order valence-corrected chi connectivity index (χ3v) is 9.30. The van der Waals surface area contributed by atoms with E-state index in [9.17, 15) is 9.90 Å². The average Bonchev–Trinajstić information content (AvgIpc) is 2.99. The van der Waals surface area contributed by atoms with E-state index >= 15 is 0 Å². The summed E-state index contributed by atoms with van der Waals surface area (Å²) < 4.78 is 0. The standard InChI is InChI=1S/C27H32O2/c1-25-14-11-21(28)18-20(25)8-9-22-23(25)12-15-26(2)24(22)13-17-27(26,29)16-10-19-6-4-3-5-7-19/h3-7,18,22-24,29H,8-9,11-15,17H2,1-2H3. The van der Waals surface area contributed by atoms with Crippen molar-refractivity contribution in [3.8, 4) is 11.8 Å². The monoisotopic (exact) mass is 388 g/mol. The number of aliphatic hydroxyl groups is 1. The predicted octanol–water partition coefficient (Wildman–Crippen LogP) is 5.30. The number of carbonyl (C=O) groups excluding carboxylic acids is 1. The number of allylic oxidation sites excluding steroid dienone is 1. The van der Waals surface area contributed by atoms with Crippen molar-refractivity contribution in [3.63, 3.8) is 0 Å². The van der Waals surface area contributed by atoms with Crippen molar-refractivity contribution in [1.82, 2.24) is 0 Å². The van der Waals surface area contributed by atoms with Gasteiger partial charge in [0.1, 0.15) is 5.60 Å². The molecule has 0 amide bonds. The largest absolute Gasteiger partial charge is 0.377 e. The maximum absolute atomic E-state index is 12.0. The lowest BCUT2D eigenvalue weighted by molar-refractivity contribution is -0.119. The minimum atomic E-state index is -0.891. The number of benzene rings is 1. The van der Waals surface area contributed by atoms with Gasteiger partial charge in [0.25, 0.3) is 0 Å². The molecular weight excluding hydrogens is 356 g/mol. The summed E-state index contributed by atoms with van der Waals surface area (Å²) in [5, 5.41) is 11.7. The highest BCUT2D eigenvalue weighted by Gasteiger charge is 2.63. The fourth-order valence-electron chi connectivity index (χ4n) is 7.48. The molecule has 0 saturated heterocycles. The normalized spacial score (nSPS) is 43.3. The number of carbonyl (C=O) groups is 1. The van der Waals surface area contributed by atoms with Crippen molar-refractivity contribution in [2.45, 2.75) is 70.8 Å².